The molecule has 0 aromatic rings. The van der Waals surface area contributed by atoms with Crippen LogP contribution < -0.4 is 0 Å². The lowest BCUT2D eigenvalue weighted by molar-refractivity contribution is -0.239. The molecule has 66 valence electrons. The standard InChI is InChI=1S/C6H12O5/c7-2-4-6(10)3(8)1-5(9)11-4/h3-10H,1-2H2/t3?,4?,5?,6-/m1/s1. The average Bonchev–Trinajstić information content (AvgIpc) is 1.96. The van der Waals surface area contributed by atoms with Crippen molar-refractivity contribution in [1.82, 2.24) is 0 Å². The molecule has 0 amide bonds. The van der Waals surface area contributed by atoms with E-state index in [1.807, 2.05) is 0 Å². The highest BCUT2D eigenvalue weighted by Crippen LogP contribution is 2.18. The van der Waals surface area contributed by atoms with Crippen LogP contribution >= 0.6 is 0 Å². The molecular formula is C6H12O5. The molecule has 0 spiro atoms. The monoisotopic (exact) mass is 164 g/mol. The maximum Gasteiger partial charge on any atom is 0.157 e. The summed E-state index contributed by atoms with van der Waals surface area (Å²) >= 11 is 0. The lowest BCUT2D eigenvalue weighted by Crippen LogP contribution is -2.49. The molecule has 1 heterocycles. The Bertz CT molecular complexity index is 128. The highest BCUT2D eigenvalue weighted by Gasteiger charge is 2.35. The highest BCUT2D eigenvalue weighted by atomic mass is 16.6. The molecule has 0 bridgehead atoms. The van der Waals surface area contributed by atoms with Gasteiger partial charge in [0.05, 0.1) is 12.7 Å². The summed E-state index contributed by atoms with van der Waals surface area (Å²) in [5.74, 6) is 0. The minimum Gasteiger partial charge on any atom is -0.394 e. The lowest BCUT2D eigenvalue weighted by atomic mass is 10.0. The predicted octanol–water partition coefficient (Wildman–Crippen LogP) is -2.19. The van der Waals surface area contributed by atoms with Gasteiger partial charge in [-0.2, -0.15) is 0 Å². The third-order valence-electron chi connectivity index (χ3n) is 1.73. The Morgan fingerprint density at radius 2 is 1.91 bits per heavy atom. The zero-order chi connectivity index (χ0) is 8.43. The molecule has 1 saturated heterocycles. The van der Waals surface area contributed by atoms with Gasteiger partial charge in [-0.1, -0.05) is 0 Å². The molecule has 0 aromatic carbocycles. The second-order valence-electron chi connectivity index (χ2n) is 2.61. The van der Waals surface area contributed by atoms with E-state index in [9.17, 15) is 0 Å². The summed E-state index contributed by atoms with van der Waals surface area (Å²) in [5.41, 5.74) is 0. The van der Waals surface area contributed by atoms with E-state index in [-0.39, 0.29) is 6.42 Å². The smallest absolute Gasteiger partial charge is 0.157 e. The SMILES string of the molecule is OCC1OC(O)CC(O)[C@H]1O. The molecule has 1 rings (SSSR count). The minimum atomic E-state index is -1.11. The van der Waals surface area contributed by atoms with Crippen LogP contribution in [0, 0.1) is 0 Å². The van der Waals surface area contributed by atoms with E-state index in [2.05, 4.69) is 0 Å². The van der Waals surface area contributed by atoms with Gasteiger partial charge in [0.2, 0.25) is 0 Å². The van der Waals surface area contributed by atoms with Crippen LogP contribution in [0.3, 0.4) is 0 Å². The average molecular weight is 164 g/mol. The first kappa shape index (κ1) is 8.89. The normalized spacial score (nSPS) is 45.8. The van der Waals surface area contributed by atoms with Gasteiger partial charge in [0.25, 0.3) is 0 Å². The maximum atomic E-state index is 9.11. The molecule has 4 N–H and O–H groups in total. The summed E-state index contributed by atoms with van der Waals surface area (Å²) in [5, 5.41) is 35.6. The first-order chi connectivity index (χ1) is 5.15. The van der Waals surface area contributed by atoms with E-state index in [1.54, 1.807) is 0 Å². The van der Waals surface area contributed by atoms with Crippen molar-refractivity contribution in [2.45, 2.75) is 31.0 Å². The zero-order valence-corrected chi connectivity index (χ0v) is 5.92. The molecule has 0 aliphatic carbocycles. The number of hydrogen-bond donors (Lipinski definition) is 4. The van der Waals surface area contributed by atoms with Gasteiger partial charge >= 0.3 is 0 Å². The van der Waals surface area contributed by atoms with Crippen molar-refractivity contribution in [3.8, 4) is 0 Å². The zero-order valence-electron chi connectivity index (χ0n) is 5.92. The molecule has 0 saturated carbocycles. The molecule has 5 heteroatoms. The van der Waals surface area contributed by atoms with E-state index in [0.717, 1.165) is 0 Å². The van der Waals surface area contributed by atoms with E-state index in [4.69, 9.17) is 25.2 Å². The van der Waals surface area contributed by atoms with Gasteiger partial charge in [0.15, 0.2) is 6.29 Å². The molecule has 4 atom stereocenters. The molecular weight excluding hydrogens is 152 g/mol. The summed E-state index contributed by atoms with van der Waals surface area (Å²) in [6.45, 7) is -0.407. The van der Waals surface area contributed by atoms with Crippen LogP contribution in [0.15, 0.2) is 0 Å². The van der Waals surface area contributed by atoms with E-state index in [1.165, 1.54) is 0 Å². The summed E-state index contributed by atoms with van der Waals surface area (Å²) in [6.07, 6.45) is -4.11. The maximum absolute atomic E-state index is 9.11. The quantitative estimate of drug-likeness (QED) is 0.353. The lowest BCUT2D eigenvalue weighted by Gasteiger charge is -2.33. The highest BCUT2D eigenvalue weighted by molar-refractivity contribution is 4.81. The summed E-state index contributed by atoms with van der Waals surface area (Å²) < 4.78 is 4.71. The van der Waals surface area contributed by atoms with Crippen LogP contribution in [-0.2, 0) is 4.74 Å². The summed E-state index contributed by atoms with van der Waals surface area (Å²) in [6, 6.07) is 0. The van der Waals surface area contributed by atoms with Crippen molar-refractivity contribution >= 4 is 0 Å². The van der Waals surface area contributed by atoms with Gasteiger partial charge in [-0.05, 0) is 0 Å². The largest absolute Gasteiger partial charge is 0.394 e. The Balaban J connectivity index is 2.51. The first-order valence-corrected chi connectivity index (χ1v) is 3.45. The Kier molecular flexibility index (Phi) is 2.80. The van der Waals surface area contributed by atoms with Crippen molar-refractivity contribution in [2.24, 2.45) is 0 Å². The fourth-order valence-corrected chi connectivity index (χ4v) is 1.08. The van der Waals surface area contributed by atoms with Gasteiger partial charge in [-0.15, -0.1) is 0 Å². The van der Waals surface area contributed by atoms with Gasteiger partial charge in [-0.25, -0.2) is 0 Å². The van der Waals surface area contributed by atoms with Gasteiger partial charge in [0.1, 0.15) is 12.2 Å². The number of hydrogen-bond acceptors (Lipinski definition) is 5. The molecule has 11 heavy (non-hydrogen) atoms. The number of aliphatic hydroxyl groups is 4. The molecule has 3 unspecified atom stereocenters. The van der Waals surface area contributed by atoms with E-state index < -0.39 is 31.2 Å². The van der Waals surface area contributed by atoms with E-state index >= 15 is 0 Å². The second-order valence-corrected chi connectivity index (χ2v) is 2.61. The van der Waals surface area contributed by atoms with Crippen LogP contribution in [0.1, 0.15) is 6.42 Å². The van der Waals surface area contributed by atoms with Crippen molar-refractivity contribution in [3.05, 3.63) is 0 Å². The third-order valence-corrected chi connectivity index (χ3v) is 1.73. The molecule has 1 aliphatic rings. The number of aliphatic hydroxyl groups excluding tert-OH is 4. The van der Waals surface area contributed by atoms with Crippen molar-refractivity contribution in [1.29, 1.82) is 0 Å². The van der Waals surface area contributed by atoms with Crippen molar-refractivity contribution in [2.75, 3.05) is 6.61 Å². The minimum absolute atomic E-state index is 0.0162. The van der Waals surface area contributed by atoms with Gasteiger partial charge in [0, 0.05) is 6.42 Å². The fraction of sp³-hybridized carbons (Fsp3) is 1.00. The Hall–Kier alpha value is -0.200. The van der Waals surface area contributed by atoms with Crippen LogP contribution in [0.2, 0.25) is 0 Å². The van der Waals surface area contributed by atoms with Gasteiger partial charge in [-0.3, -0.25) is 0 Å². The van der Waals surface area contributed by atoms with Gasteiger partial charge < -0.3 is 25.2 Å². The molecule has 1 aliphatic heterocycles. The third kappa shape index (κ3) is 1.88. The Morgan fingerprint density at radius 1 is 1.27 bits per heavy atom. The Morgan fingerprint density at radius 3 is 2.45 bits per heavy atom. The summed E-state index contributed by atoms with van der Waals surface area (Å²) in [4.78, 5) is 0. The Labute approximate surface area is 63.8 Å². The molecule has 1 fully saturated rings. The topological polar surface area (TPSA) is 90.2 Å². The molecule has 0 radical (unpaired) electrons. The number of rotatable bonds is 1. The molecule has 0 aromatic heterocycles. The molecule has 5 nitrogen and oxygen atoms in total. The predicted molar refractivity (Wildman–Crippen MR) is 34.6 cm³/mol. The summed E-state index contributed by atoms with van der Waals surface area (Å²) in [7, 11) is 0. The van der Waals surface area contributed by atoms with Crippen LogP contribution in [0.5, 0.6) is 0 Å². The van der Waals surface area contributed by atoms with Crippen LogP contribution in [0.4, 0.5) is 0 Å². The first-order valence-electron chi connectivity index (χ1n) is 3.45. The second kappa shape index (κ2) is 3.46. The van der Waals surface area contributed by atoms with Crippen LogP contribution in [-0.4, -0.2) is 51.6 Å². The van der Waals surface area contributed by atoms with Crippen LogP contribution in [0.25, 0.3) is 0 Å². The fourth-order valence-electron chi connectivity index (χ4n) is 1.08. The number of ether oxygens (including phenoxy) is 1. The van der Waals surface area contributed by atoms with Crippen molar-refractivity contribution < 1.29 is 25.2 Å². The van der Waals surface area contributed by atoms with Crippen molar-refractivity contribution in [3.63, 3.8) is 0 Å². The van der Waals surface area contributed by atoms with E-state index in [0.29, 0.717) is 0 Å².